The number of rotatable bonds is 6. The van der Waals surface area contributed by atoms with Crippen LogP contribution in [0.1, 0.15) is 12.8 Å². The van der Waals surface area contributed by atoms with Crippen LogP contribution in [0.4, 0.5) is 4.79 Å². The van der Waals surface area contributed by atoms with Crippen LogP contribution in [0.25, 0.3) is 0 Å². The molecule has 1 saturated heterocycles. The van der Waals surface area contributed by atoms with Crippen molar-refractivity contribution in [2.24, 2.45) is 0 Å². The van der Waals surface area contributed by atoms with Crippen LogP contribution in [0.5, 0.6) is 0 Å². The molecule has 0 aromatic rings. The quantitative estimate of drug-likeness (QED) is 0.475. The topological polar surface area (TPSA) is 113 Å². The fourth-order valence-corrected chi connectivity index (χ4v) is 2.35. The predicted molar refractivity (Wildman–Crippen MR) is 71.3 cm³/mol. The minimum absolute atomic E-state index is 0.0458. The highest BCUT2D eigenvalue weighted by Gasteiger charge is 2.35. The fraction of sp³-hybridized carbons (Fsp3) is 0.833. The summed E-state index contributed by atoms with van der Waals surface area (Å²) >= 11 is 0. The van der Waals surface area contributed by atoms with E-state index in [0.717, 1.165) is 0 Å². The van der Waals surface area contributed by atoms with E-state index in [1.165, 1.54) is 4.90 Å². The molecule has 1 aliphatic rings. The summed E-state index contributed by atoms with van der Waals surface area (Å²) in [6, 6.07) is -1.79. The van der Waals surface area contributed by atoms with Crippen LogP contribution in [0.3, 0.4) is 0 Å². The van der Waals surface area contributed by atoms with E-state index in [9.17, 15) is 14.7 Å². The van der Waals surface area contributed by atoms with Gasteiger partial charge in [0.1, 0.15) is 6.04 Å². The van der Waals surface area contributed by atoms with E-state index < -0.39 is 24.1 Å². The van der Waals surface area contributed by atoms with Crippen molar-refractivity contribution < 1.29 is 24.9 Å². The van der Waals surface area contributed by atoms with Gasteiger partial charge in [-0.05, 0) is 20.5 Å². The van der Waals surface area contributed by atoms with Crippen LogP contribution >= 0.6 is 0 Å². The minimum Gasteiger partial charge on any atom is -0.480 e. The zero-order chi connectivity index (χ0) is 15.3. The standard InChI is InChI=1S/C12H23N3O5/c1-14(2)6-8-5-9(17)7-15(8)12(20)13-10(3-4-16)11(18)19/h8-10,16-17H,3-7H2,1-2H3,(H,13,20)(H,18,19)/t8?,9?,10-/m0/s1. The number of carboxylic acid groups (broad SMARTS) is 1. The molecule has 2 unspecified atom stereocenters. The Labute approximate surface area is 118 Å². The van der Waals surface area contributed by atoms with Gasteiger partial charge in [0.2, 0.25) is 0 Å². The Balaban J connectivity index is 2.66. The molecule has 1 aliphatic heterocycles. The Hall–Kier alpha value is -1.38. The highest BCUT2D eigenvalue weighted by atomic mass is 16.4. The van der Waals surface area contributed by atoms with Gasteiger partial charge < -0.3 is 30.4 Å². The molecule has 0 aromatic heterocycles. The Bertz CT molecular complexity index is 350. The number of β-amino-alcohol motifs (C(OH)–C–C–N with tert-alkyl or cyclic N) is 1. The van der Waals surface area contributed by atoms with Crippen molar-refractivity contribution in [1.29, 1.82) is 0 Å². The molecule has 1 fully saturated rings. The fourth-order valence-electron chi connectivity index (χ4n) is 2.35. The van der Waals surface area contributed by atoms with Crippen molar-refractivity contribution in [2.75, 3.05) is 33.8 Å². The van der Waals surface area contributed by atoms with Gasteiger partial charge in [-0.25, -0.2) is 9.59 Å². The minimum atomic E-state index is -1.18. The first-order valence-corrected chi connectivity index (χ1v) is 6.58. The van der Waals surface area contributed by atoms with E-state index in [0.29, 0.717) is 13.0 Å². The zero-order valence-electron chi connectivity index (χ0n) is 11.8. The largest absolute Gasteiger partial charge is 0.480 e. The van der Waals surface area contributed by atoms with Crippen molar-refractivity contribution in [2.45, 2.75) is 31.0 Å². The van der Waals surface area contributed by atoms with Crippen molar-refractivity contribution in [3.63, 3.8) is 0 Å². The van der Waals surface area contributed by atoms with Gasteiger partial charge in [0.15, 0.2) is 0 Å². The first-order valence-electron chi connectivity index (χ1n) is 6.58. The Morgan fingerprint density at radius 2 is 2.10 bits per heavy atom. The molecule has 1 rings (SSSR count). The summed E-state index contributed by atoms with van der Waals surface area (Å²) in [7, 11) is 3.74. The van der Waals surface area contributed by atoms with Gasteiger partial charge in [-0.1, -0.05) is 0 Å². The van der Waals surface area contributed by atoms with Crippen molar-refractivity contribution in [3.05, 3.63) is 0 Å². The molecular formula is C12H23N3O5. The number of urea groups is 1. The second kappa shape index (κ2) is 7.41. The summed E-state index contributed by atoms with van der Waals surface area (Å²) in [5.41, 5.74) is 0. The zero-order valence-corrected chi connectivity index (χ0v) is 11.8. The number of aliphatic hydroxyl groups is 2. The summed E-state index contributed by atoms with van der Waals surface area (Å²) in [5.74, 6) is -1.18. The normalized spacial score (nSPS) is 23.9. The number of likely N-dealkylation sites (tertiary alicyclic amines) is 1. The third-order valence-corrected chi connectivity index (χ3v) is 3.24. The van der Waals surface area contributed by atoms with Gasteiger partial charge >= 0.3 is 12.0 Å². The summed E-state index contributed by atoms with van der Waals surface area (Å²) in [5, 5.41) is 29.8. The number of likely N-dealkylation sites (N-methyl/N-ethyl adjacent to an activating group) is 1. The number of nitrogens with zero attached hydrogens (tertiary/aromatic N) is 2. The molecule has 2 amide bonds. The summed E-state index contributed by atoms with van der Waals surface area (Å²) in [6.45, 7) is 0.471. The molecule has 0 aromatic carbocycles. The van der Waals surface area contributed by atoms with Gasteiger partial charge in [0.25, 0.3) is 0 Å². The first-order chi connectivity index (χ1) is 9.35. The highest BCUT2D eigenvalue weighted by molar-refractivity contribution is 5.82. The number of carbonyl (C=O) groups is 2. The van der Waals surface area contributed by atoms with E-state index >= 15 is 0 Å². The molecule has 1 heterocycles. The van der Waals surface area contributed by atoms with Gasteiger partial charge in [0.05, 0.1) is 6.10 Å². The summed E-state index contributed by atoms with van der Waals surface area (Å²) < 4.78 is 0. The summed E-state index contributed by atoms with van der Waals surface area (Å²) in [6.07, 6.45) is -0.161. The Kier molecular flexibility index (Phi) is 6.18. The lowest BCUT2D eigenvalue weighted by Crippen LogP contribution is -2.51. The van der Waals surface area contributed by atoms with Crippen molar-refractivity contribution in [3.8, 4) is 0 Å². The number of hydrogen-bond donors (Lipinski definition) is 4. The SMILES string of the molecule is CN(C)CC1CC(O)CN1C(=O)N[C@@H](CCO)C(=O)O. The summed E-state index contributed by atoms with van der Waals surface area (Å²) in [4.78, 5) is 26.4. The maximum Gasteiger partial charge on any atom is 0.326 e. The average molecular weight is 289 g/mol. The van der Waals surface area contributed by atoms with Crippen LogP contribution in [-0.2, 0) is 4.79 Å². The van der Waals surface area contributed by atoms with Crippen molar-refractivity contribution >= 4 is 12.0 Å². The molecule has 0 radical (unpaired) electrons. The first kappa shape index (κ1) is 16.7. The third kappa shape index (κ3) is 4.62. The van der Waals surface area contributed by atoms with Crippen LogP contribution in [0, 0.1) is 0 Å². The molecule has 0 saturated carbocycles. The maximum atomic E-state index is 12.1. The predicted octanol–water partition coefficient (Wildman–Crippen LogP) is -1.47. The Morgan fingerprint density at radius 3 is 2.60 bits per heavy atom. The van der Waals surface area contributed by atoms with E-state index in [1.807, 2.05) is 19.0 Å². The molecule has 0 bridgehead atoms. The molecule has 8 nitrogen and oxygen atoms in total. The number of carbonyl (C=O) groups excluding carboxylic acids is 1. The monoisotopic (exact) mass is 289 g/mol. The molecule has 116 valence electrons. The lowest BCUT2D eigenvalue weighted by atomic mass is 10.2. The molecule has 8 heteroatoms. The lowest BCUT2D eigenvalue weighted by molar-refractivity contribution is -0.139. The second-order valence-electron chi connectivity index (χ2n) is 5.31. The molecular weight excluding hydrogens is 266 g/mol. The van der Waals surface area contributed by atoms with Gasteiger partial charge in [-0.2, -0.15) is 0 Å². The average Bonchev–Trinajstić information content (AvgIpc) is 2.68. The van der Waals surface area contributed by atoms with Crippen LogP contribution in [0.15, 0.2) is 0 Å². The van der Waals surface area contributed by atoms with Gasteiger partial charge in [-0.3, -0.25) is 0 Å². The van der Waals surface area contributed by atoms with E-state index in [2.05, 4.69) is 5.32 Å². The van der Waals surface area contributed by atoms with E-state index in [1.54, 1.807) is 0 Å². The lowest BCUT2D eigenvalue weighted by Gasteiger charge is -2.28. The number of hydrogen-bond acceptors (Lipinski definition) is 5. The van der Waals surface area contributed by atoms with E-state index in [4.69, 9.17) is 10.2 Å². The van der Waals surface area contributed by atoms with Gasteiger partial charge in [-0.15, -0.1) is 0 Å². The van der Waals surface area contributed by atoms with Gasteiger partial charge in [0, 0.05) is 32.2 Å². The molecule has 3 atom stereocenters. The number of aliphatic carboxylic acids is 1. The van der Waals surface area contributed by atoms with Crippen LogP contribution < -0.4 is 5.32 Å². The van der Waals surface area contributed by atoms with Crippen molar-refractivity contribution in [1.82, 2.24) is 15.1 Å². The molecule has 0 spiro atoms. The molecule has 0 aliphatic carbocycles. The maximum absolute atomic E-state index is 12.1. The molecule has 20 heavy (non-hydrogen) atoms. The van der Waals surface area contributed by atoms with E-state index in [-0.39, 0.29) is 25.6 Å². The Morgan fingerprint density at radius 1 is 1.45 bits per heavy atom. The second-order valence-corrected chi connectivity index (χ2v) is 5.31. The van der Waals surface area contributed by atoms with Crippen LogP contribution in [0.2, 0.25) is 0 Å². The van der Waals surface area contributed by atoms with Crippen LogP contribution in [-0.4, -0.2) is 89.1 Å². The number of aliphatic hydroxyl groups excluding tert-OH is 2. The molecule has 4 N–H and O–H groups in total. The smallest absolute Gasteiger partial charge is 0.326 e. The number of nitrogens with one attached hydrogen (secondary N) is 1. The highest BCUT2D eigenvalue weighted by Crippen LogP contribution is 2.18. The number of carboxylic acids is 1. The number of amides is 2. The third-order valence-electron chi connectivity index (χ3n) is 3.24.